The number of likely N-dealkylation sites (tertiary alicyclic amines) is 1. The summed E-state index contributed by atoms with van der Waals surface area (Å²) in [5, 5.41) is 4.47. The topological polar surface area (TPSA) is 15.3 Å². The molecule has 18 heavy (non-hydrogen) atoms. The number of rotatable bonds is 5. The minimum Gasteiger partial charge on any atom is -0.310 e. The van der Waals surface area contributed by atoms with Crippen LogP contribution in [0.4, 0.5) is 0 Å². The Kier molecular flexibility index (Phi) is 5.48. The van der Waals surface area contributed by atoms with Gasteiger partial charge in [-0.05, 0) is 56.6 Å². The van der Waals surface area contributed by atoms with Crippen molar-refractivity contribution in [3.8, 4) is 0 Å². The fourth-order valence-electron chi connectivity index (χ4n) is 2.59. The van der Waals surface area contributed by atoms with Gasteiger partial charge in [0.2, 0.25) is 0 Å². The number of hydrogen-bond donors (Lipinski definition) is 1. The van der Waals surface area contributed by atoms with Crippen molar-refractivity contribution in [2.24, 2.45) is 0 Å². The second-order valence-corrected chi connectivity index (χ2v) is 5.56. The Balaban J connectivity index is 1.72. The zero-order chi connectivity index (χ0) is 12.8. The van der Waals surface area contributed by atoms with Crippen molar-refractivity contribution < 1.29 is 0 Å². The van der Waals surface area contributed by atoms with Gasteiger partial charge in [-0.2, -0.15) is 0 Å². The number of piperidine rings is 1. The summed E-state index contributed by atoms with van der Waals surface area (Å²) < 4.78 is 0. The van der Waals surface area contributed by atoms with Gasteiger partial charge in [0.15, 0.2) is 0 Å². The summed E-state index contributed by atoms with van der Waals surface area (Å²) in [6, 6.07) is 8.78. The molecule has 0 bridgehead atoms. The molecular formula is C15H23ClN2. The van der Waals surface area contributed by atoms with Crippen molar-refractivity contribution in [2.45, 2.75) is 38.8 Å². The van der Waals surface area contributed by atoms with Gasteiger partial charge in [0.1, 0.15) is 0 Å². The third-order valence-corrected chi connectivity index (χ3v) is 3.85. The molecule has 1 N–H and O–H groups in total. The number of halogens is 1. The molecule has 1 aliphatic heterocycles. The molecule has 100 valence electrons. The maximum atomic E-state index is 5.99. The van der Waals surface area contributed by atoms with Crippen molar-refractivity contribution in [1.82, 2.24) is 10.2 Å². The number of hydrogen-bond acceptors (Lipinski definition) is 2. The van der Waals surface area contributed by atoms with Gasteiger partial charge in [0, 0.05) is 17.6 Å². The Morgan fingerprint density at radius 2 is 2.11 bits per heavy atom. The van der Waals surface area contributed by atoms with E-state index in [4.69, 9.17) is 11.6 Å². The fourth-order valence-corrected chi connectivity index (χ4v) is 2.80. The maximum absolute atomic E-state index is 5.99. The SMILES string of the molecule is CCCN1CCC(NCc2cccc(Cl)c2)CC1. The van der Waals surface area contributed by atoms with E-state index < -0.39 is 0 Å². The van der Waals surface area contributed by atoms with Crippen LogP contribution in [0, 0.1) is 0 Å². The maximum Gasteiger partial charge on any atom is 0.0409 e. The lowest BCUT2D eigenvalue weighted by Gasteiger charge is -2.32. The quantitative estimate of drug-likeness (QED) is 0.880. The molecule has 1 aliphatic rings. The largest absolute Gasteiger partial charge is 0.310 e. The van der Waals surface area contributed by atoms with Gasteiger partial charge in [0.25, 0.3) is 0 Å². The highest BCUT2D eigenvalue weighted by Crippen LogP contribution is 2.13. The minimum absolute atomic E-state index is 0.664. The summed E-state index contributed by atoms with van der Waals surface area (Å²) in [7, 11) is 0. The van der Waals surface area contributed by atoms with Gasteiger partial charge in [-0.25, -0.2) is 0 Å². The van der Waals surface area contributed by atoms with Crippen LogP contribution < -0.4 is 5.32 Å². The standard InChI is InChI=1S/C15H23ClN2/c1-2-8-18-9-6-15(7-10-18)17-12-13-4-3-5-14(16)11-13/h3-5,11,15,17H,2,6-10,12H2,1H3. The summed E-state index contributed by atoms with van der Waals surface area (Å²) >= 11 is 5.99. The van der Waals surface area contributed by atoms with Crippen molar-refractivity contribution in [3.05, 3.63) is 34.9 Å². The lowest BCUT2D eigenvalue weighted by molar-refractivity contribution is 0.197. The monoisotopic (exact) mass is 266 g/mol. The lowest BCUT2D eigenvalue weighted by atomic mass is 10.0. The van der Waals surface area contributed by atoms with E-state index in [1.54, 1.807) is 0 Å². The van der Waals surface area contributed by atoms with Gasteiger partial charge in [-0.3, -0.25) is 0 Å². The van der Waals surface area contributed by atoms with Gasteiger partial charge in [0.05, 0.1) is 0 Å². The molecule has 1 aromatic carbocycles. The van der Waals surface area contributed by atoms with E-state index in [1.807, 2.05) is 18.2 Å². The van der Waals surface area contributed by atoms with Gasteiger partial charge < -0.3 is 10.2 Å². The average Bonchev–Trinajstić information content (AvgIpc) is 2.38. The van der Waals surface area contributed by atoms with Crippen LogP contribution in [0.2, 0.25) is 5.02 Å². The molecular weight excluding hydrogens is 244 g/mol. The molecule has 0 aromatic heterocycles. The Bertz CT molecular complexity index is 359. The molecule has 0 radical (unpaired) electrons. The van der Waals surface area contributed by atoms with Crippen LogP contribution in [0.15, 0.2) is 24.3 Å². The van der Waals surface area contributed by atoms with Crippen molar-refractivity contribution >= 4 is 11.6 Å². The molecule has 1 heterocycles. The molecule has 2 nitrogen and oxygen atoms in total. The summed E-state index contributed by atoms with van der Waals surface area (Å²) in [5.74, 6) is 0. The van der Waals surface area contributed by atoms with Crippen molar-refractivity contribution in [1.29, 1.82) is 0 Å². The van der Waals surface area contributed by atoms with Gasteiger partial charge in [-0.1, -0.05) is 30.7 Å². The van der Waals surface area contributed by atoms with Crippen LogP contribution in [0.1, 0.15) is 31.7 Å². The molecule has 0 spiro atoms. The molecule has 0 aliphatic carbocycles. The van der Waals surface area contributed by atoms with E-state index in [-0.39, 0.29) is 0 Å². The highest BCUT2D eigenvalue weighted by atomic mass is 35.5. The third-order valence-electron chi connectivity index (χ3n) is 3.61. The van der Waals surface area contributed by atoms with Gasteiger partial charge in [-0.15, -0.1) is 0 Å². The molecule has 0 amide bonds. The lowest BCUT2D eigenvalue weighted by Crippen LogP contribution is -2.42. The van der Waals surface area contributed by atoms with E-state index in [9.17, 15) is 0 Å². The van der Waals surface area contributed by atoms with Crippen LogP contribution in [0.3, 0.4) is 0 Å². The van der Waals surface area contributed by atoms with Crippen LogP contribution in [0.25, 0.3) is 0 Å². The Morgan fingerprint density at radius 1 is 1.33 bits per heavy atom. The number of benzene rings is 1. The van der Waals surface area contributed by atoms with E-state index in [0.717, 1.165) is 11.6 Å². The van der Waals surface area contributed by atoms with E-state index in [1.165, 1.54) is 44.5 Å². The first-order valence-corrected chi connectivity index (χ1v) is 7.36. The summed E-state index contributed by atoms with van der Waals surface area (Å²) in [5.41, 5.74) is 1.28. The van der Waals surface area contributed by atoms with Crippen LogP contribution in [-0.2, 0) is 6.54 Å². The first kappa shape index (κ1) is 13.9. The molecule has 0 unspecified atom stereocenters. The molecule has 2 rings (SSSR count). The zero-order valence-corrected chi connectivity index (χ0v) is 11.9. The van der Waals surface area contributed by atoms with Crippen molar-refractivity contribution in [2.75, 3.05) is 19.6 Å². The average molecular weight is 267 g/mol. The molecule has 0 atom stereocenters. The molecule has 1 fully saturated rings. The van der Waals surface area contributed by atoms with Crippen LogP contribution >= 0.6 is 11.6 Å². The molecule has 3 heteroatoms. The zero-order valence-electron chi connectivity index (χ0n) is 11.2. The predicted molar refractivity (Wildman–Crippen MR) is 78.0 cm³/mol. The van der Waals surface area contributed by atoms with E-state index in [0.29, 0.717) is 6.04 Å². The second kappa shape index (κ2) is 7.13. The fraction of sp³-hybridized carbons (Fsp3) is 0.600. The van der Waals surface area contributed by atoms with Crippen LogP contribution in [-0.4, -0.2) is 30.6 Å². The summed E-state index contributed by atoms with van der Waals surface area (Å²) in [4.78, 5) is 2.57. The highest BCUT2D eigenvalue weighted by Gasteiger charge is 2.17. The normalized spacial score (nSPS) is 18.1. The van der Waals surface area contributed by atoms with E-state index >= 15 is 0 Å². The summed E-state index contributed by atoms with van der Waals surface area (Å²) in [6.45, 7) is 6.91. The Hall–Kier alpha value is -0.570. The minimum atomic E-state index is 0.664. The molecule has 1 aromatic rings. The van der Waals surface area contributed by atoms with Crippen LogP contribution in [0.5, 0.6) is 0 Å². The predicted octanol–water partition coefficient (Wildman–Crippen LogP) is 3.30. The van der Waals surface area contributed by atoms with E-state index in [2.05, 4.69) is 23.2 Å². The van der Waals surface area contributed by atoms with Gasteiger partial charge >= 0.3 is 0 Å². The second-order valence-electron chi connectivity index (χ2n) is 5.13. The number of nitrogens with zero attached hydrogens (tertiary/aromatic N) is 1. The third kappa shape index (κ3) is 4.27. The number of nitrogens with one attached hydrogen (secondary N) is 1. The first-order chi connectivity index (χ1) is 8.78. The highest BCUT2D eigenvalue weighted by molar-refractivity contribution is 6.30. The summed E-state index contributed by atoms with van der Waals surface area (Å²) in [6.07, 6.45) is 3.79. The smallest absolute Gasteiger partial charge is 0.0409 e. The Morgan fingerprint density at radius 3 is 2.78 bits per heavy atom. The molecule has 1 saturated heterocycles. The van der Waals surface area contributed by atoms with Crippen molar-refractivity contribution in [3.63, 3.8) is 0 Å². The first-order valence-electron chi connectivity index (χ1n) is 6.98. The Labute approximate surface area is 115 Å². The molecule has 0 saturated carbocycles.